The van der Waals surface area contributed by atoms with Crippen molar-refractivity contribution < 1.29 is 4.79 Å². The Bertz CT molecular complexity index is 1300. The number of hydrogen-bond acceptors (Lipinski definition) is 5. The summed E-state index contributed by atoms with van der Waals surface area (Å²) in [6.45, 7) is 7.97. The van der Waals surface area contributed by atoms with Crippen LogP contribution >= 0.6 is 0 Å². The van der Waals surface area contributed by atoms with E-state index in [1.165, 1.54) is 11.1 Å². The molecule has 4 aromatic rings. The fraction of sp³-hybridized carbons (Fsp3) is 0.148. The molecule has 1 heterocycles. The van der Waals surface area contributed by atoms with Crippen molar-refractivity contribution in [2.75, 3.05) is 21.3 Å². The number of rotatable bonds is 6. The van der Waals surface area contributed by atoms with Gasteiger partial charge in [0, 0.05) is 28.8 Å². The van der Waals surface area contributed by atoms with Gasteiger partial charge >= 0.3 is 6.03 Å². The molecule has 1 aromatic heterocycles. The van der Waals surface area contributed by atoms with Crippen molar-refractivity contribution in [2.24, 2.45) is 0 Å². The van der Waals surface area contributed by atoms with E-state index in [2.05, 4.69) is 38.2 Å². The van der Waals surface area contributed by atoms with E-state index < -0.39 is 0 Å². The van der Waals surface area contributed by atoms with Gasteiger partial charge in [-0.3, -0.25) is 0 Å². The van der Waals surface area contributed by atoms with Gasteiger partial charge in [0.05, 0.1) is 0 Å². The summed E-state index contributed by atoms with van der Waals surface area (Å²) >= 11 is 0. The predicted molar refractivity (Wildman–Crippen MR) is 140 cm³/mol. The first-order chi connectivity index (χ1) is 16.3. The molecule has 7 nitrogen and oxygen atoms in total. The molecule has 0 spiro atoms. The Hall–Kier alpha value is -4.39. The van der Waals surface area contributed by atoms with Crippen LogP contribution in [0, 0.1) is 27.7 Å². The van der Waals surface area contributed by atoms with Gasteiger partial charge < -0.3 is 21.3 Å². The van der Waals surface area contributed by atoms with E-state index >= 15 is 0 Å². The van der Waals surface area contributed by atoms with Gasteiger partial charge in [-0.25, -0.2) is 14.8 Å². The van der Waals surface area contributed by atoms with Crippen LogP contribution in [0.2, 0.25) is 0 Å². The number of anilines is 6. The summed E-state index contributed by atoms with van der Waals surface area (Å²) in [6.07, 6.45) is 0. The maximum Gasteiger partial charge on any atom is 0.323 e. The number of urea groups is 1. The first kappa shape index (κ1) is 22.8. The second kappa shape index (κ2) is 10.0. The lowest BCUT2D eigenvalue weighted by atomic mass is 10.1. The number of benzene rings is 3. The largest absolute Gasteiger partial charge is 0.340 e. The van der Waals surface area contributed by atoms with Gasteiger partial charge in [0.1, 0.15) is 17.5 Å². The van der Waals surface area contributed by atoms with Gasteiger partial charge in [0.25, 0.3) is 0 Å². The van der Waals surface area contributed by atoms with Crippen LogP contribution in [0.15, 0.2) is 72.8 Å². The number of carbonyl (C=O) groups excluding carboxylic acids is 1. The van der Waals surface area contributed by atoms with Crippen molar-refractivity contribution in [1.29, 1.82) is 0 Å². The molecule has 4 N–H and O–H groups in total. The van der Waals surface area contributed by atoms with Crippen LogP contribution in [0.5, 0.6) is 0 Å². The van der Waals surface area contributed by atoms with Crippen molar-refractivity contribution in [1.82, 2.24) is 9.97 Å². The Morgan fingerprint density at radius 1 is 0.588 bits per heavy atom. The molecule has 0 radical (unpaired) electrons. The first-order valence-electron chi connectivity index (χ1n) is 11.1. The minimum Gasteiger partial charge on any atom is -0.340 e. The molecule has 0 saturated carbocycles. The van der Waals surface area contributed by atoms with E-state index in [9.17, 15) is 4.79 Å². The standard InChI is InChI=1S/C27H28N6O/c1-17-5-8-21(9-6-17)30-25-16-26(29-20(4)28-25)31-22-11-13-23(14-12-22)32-27(34)33-24-10-7-18(2)19(3)15-24/h5-16H,1-4H3,(H2,32,33,34)(H2,28,29,30,31). The summed E-state index contributed by atoms with van der Waals surface area (Å²) in [5.41, 5.74) is 6.77. The van der Waals surface area contributed by atoms with E-state index in [1.54, 1.807) is 0 Å². The minimum atomic E-state index is -0.290. The highest BCUT2D eigenvalue weighted by molar-refractivity contribution is 5.99. The summed E-state index contributed by atoms with van der Waals surface area (Å²) in [4.78, 5) is 21.3. The zero-order valence-corrected chi connectivity index (χ0v) is 19.7. The quantitative estimate of drug-likeness (QED) is 0.257. The molecule has 0 aliphatic carbocycles. The number of hydrogen-bond donors (Lipinski definition) is 4. The smallest absolute Gasteiger partial charge is 0.323 e. The van der Waals surface area contributed by atoms with Gasteiger partial charge in [0.2, 0.25) is 0 Å². The Balaban J connectivity index is 1.38. The normalized spacial score (nSPS) is 10.5. The lowest BCUT2D eigenvalue weighted by molar-refractivity contribution is 0.262. The lowest BCUT2D eigenvalue weighted by Crippen LogP contribution is -2.19. The van der Waals surface area contributed by atoms with Crippen LogP contribution in [-0.2, 0) is 0 Å². The summed E-state index contributed by atoms with van der Waals surface area (Å²) in [5.74, 6) is 2.04. The predicted octanol–water partition coefficient (Wildman–Crippen LogP) is 6.84. The molecule has 0 unspecified atom stereocenters. The Morgan fingerprint density at radius 2 is 1.09 bits per heavy atom. The fourth-order valence-corrected chi connectivity index (χ4v) is 3.38. The number of nitrogens with zero attached hydrogens (tertiary/aromatic N) is 2. The van der Waals surface area contributed by atoms with Crippen molar-refractivity contribution >= 4 is 40.4 Å². The van der Waals surface area contributed by atoms with Crippen LogP contribution in [0.25, 0.3) is 0 Å². The van der Waals surface area contributed by atoms with E-state index in [0.29, 0.717) is 23.1 Å². The van der Waals surface area contributed by atoms with Gasteiger partial charge in [0.15, 0.2) is 0 Å². The molecule has 3 aromatic carbocycles. The summed E-state index contributed by atoms with van der Waals surface area (Å²) in [5, 5.41) is 12.3. The van der Waals surface area contributed by atoms with Crippen molar-refractivity contribution in [2.45, 2.75) is 27.7 Å². The summed E-state index contributed by atoms with van der Waals surface area (Å²) < 4.78 is 0. The van der Waals surface area contributed by atoms with Crippen molar-refractivity contribution in [3.63, 3.8) is 0 Å². The minimum absolute atomic E-state index is 0.290. The molecular weight excluding hydrogens is 424 g/mol. The third-order valence-corrected chi connectivity index (χ3v) is 5.34. The highest BCUT2D eigenvalue weighted by atomic mass is 16.2. The molecule has 172 valence electrons. The molecule has 34 heavy (non-hydrogen) atoms. The zero-order chi connectivity index (χ0) is 24.1. The summed E-state index contributed by atoms with van der Waals surface area (Å²) in [7, 11) is 0. The molecule has 0 fully saturated rings. The van der Waals surface area contributed by atoms with Gasteiger partial charge in [-0.1, -0.05) is 23.8 Å². The maximum absolute atomic E-state index is 12.3. The van der Waals surface area contributed by atoms with Crippen LogP contribution in [0.3, 0.4) is 0 Å². The molecule has 2 amide bonds. The maximum atomic E-state index is 12.3. The fourth-order valence-electron chi connectivity index (χ4n) is 3.38. The number of carbonyl (C=O) groups is 1. The number of nitrogens with one attached hydrogen (secondary N) is 4. The Kier molecular flexibility index (Phi) is 6.73. The van der Waals surface area contributed by atoms with E-state index in [1.807, 2.05) is 93.6 Å². The van der Waals surface area contributed by atoms with Gasteiger partial charge in [-0.15, -0.1) is 0 Å². The van der Waals surface area contributed by atoms with E-state index in [-0.39, 0.29) is 6.03 Å². The number of amides is 2. The van der Waals surface area contributed by atoms with E-state index in [0.717, 1.165) is 22.6 Å². The average molecular weight is 453 g/mol. The topological polar surface area (TPSA) is 91.0 Å². The SMILES string of the molecule is Cc1ccc(Nc2cc(Nc3ccc(NC(=O)Nc4ccc(C)c(C)c4)cc3)nc(C)n2)cc1. The molecule has 0 saturated heterocycles. The Morgan fingerprint density at radius 3 is 1.68 bits per heavy atom. The highest BCUT2D eigenvalue weighted by Crippen LogP contribution is 2.22. The third kappa shape index (κ3) is 6.10. The number of aromatic nitrogens is 2. The molecule has 4 rings (SSSR count). The molecule has 0 aliphatic rings. The highest BCUT2D eigenvalue weighted by Gasteiger charge is 2.06. The molecular formula is C27H28N6O. The lowest BCUT2D eigenvalue weighted by Gasteiger charge is -2.12. The zero-order valence-electron chi connectivity index (χ0n) is 19.7. The monoisotopic (exact) mass is 452 g/mol. The molecule has 0 atom stereocenters. The third-order valence-electron chi connectivity index (χ3n) is 5.34. The molecule has 0 bridgehead atoms. The Labute approximate surface area is 199 Å². The molecule has 7 heteroatoms. The van der Waals surface area contributed by atoms with Crippen LogP contribution < -0.4 is 21.3 Å². The van der Waals surface area contributed by atoms with Crippen LogP contribution in [0.1, 0.15) is 22.5 Å². The van der Waals surface area contributed by atoms with Gasteiger partial charge in [-0.05, 0) is 87.4 Å². The average Bonchev–Trinajstić information content (AvgIpc) is 2.79. The summed E-state index contributed by atoms with van der Waals surface area (Å²) in [6, 6.07) is 23.0. The van der Waals surface area contributed by atoms with E-state index in [4.69, 9.17) is 0 Å². The first-order valence-corrected chi connectivity index (χ1v) is 11.1. The van der Waals surface area contributed by atoms with Crippen molar-refractivity contribution in [3.8, 4) is 0 Å². The molecule has 0 aliphatic heterocycles. The second-order valence-electron chi connectivity index (χ2n) is 8.26. The van der Waals surface area contributed by atoms with Crippen LogP contribution in [-0.4, -0.2) is 16.0 Å². The van der Waals surface area contributed by atoms with Gasteiger partial charge in [-0.2, -0.15) is 0 Å². The second-order valence-corrected chi connectivity index (χ2v) is 8.26. The van der Waals surface area contributed by atoms with Crippen molar-refractivity contribution in [3.05, 3.63) is 95.3 Å². The van der Waals surface area contributed by atoms with Crippen LogP contribution in [0.4, 0.5) is 39.2 Å². The number of aryl methyl sites for hydroxylation is 4.